The second kappa shape index (κ2) is 9.13. The smallest absolute Gasteiger partial charge is 0.251 e. The molecule has 2 aromatic carbocycles. The Morgan fingerprint density at radius 2 is 1.58 bits per heavy atom. The molecule has 26 heavy (non-hydrogen) atoms. The van der Waals surface area contributed by atoms with Crippen molar-refractivity contribution in [2.45, 2.75) is 32.7 Å². The molecular formula is C21H25FN2O2. The zero-order valence-corrected chi connectivity index (χ0v) is 15.3. The average Bonchev–Trinajstić information content (AvgIpc) is 2.64. The lowest BCUT2D eigenvalue weighted by Gasteiger charge is -2.23. The molecule has 2 rings (SSSR count). The minimum absolute atomic E-state index is 0.0774. The van der Waals surface area contributed by atoms with Gasteiger partial charge in [-0.1, -0.05) is 51.1 Å². The van der Waals surface area contributed by atoms with Gasteiger partial charge in [-0.3, -0.25) is 9.59 Å². The van der Waals surface area contributed by atoms with Crippen LogP contribution in [-0.4, -0.2) is 24.4 Å². The van der Waals surface area contributed by atoms with Crippen molar-refractivity contribution >= 4 is 11.8 Å². The van der Waals surface area contributed by atoms with Gasteiger partial charge in [0, 0.05) is 12.1 Å². The molecule has 0 aromatic heterocycles. The molecule has 0 radical (unpaired) electrons. The molecule has 0 bridgehead atoms. The number of carbonyl (C=O) groups excluding carboxylic acids is 2. The maximum atomic E-state index is 13.0. The maximum Gasteiger partial charge on any atom is 0.251 e. The average molecular weight is 356 g/mol. The van der Waals surface area contributed by atoms with Crippen LogP contribution in [0.1, 0.15) is 42.6 Å². The van der Waals surface area contributed by atoms with Crippen molar-refractivity contribution in [3.05, 3.63) is 71.5 Å². The van der Waals surface area contributed by atoms with Crippen LogP contribution in [0.5, 0.6) is 0 Å². The number of hydrogen-bond acceptors (Lipinski definition) is 2. The van der Waals surface area contributed by atoms with Crippen molar-refractivity contribution in [2.24, 2.45) is 5.92 Å². The molecule has 2 atom stereocenters. The molecule has 0 aliphatic heterocycles. The number of hydrogen-bond donors (Lipinski definition) is 2. The summed E-state index contributed by atoms with van der Waals surface area (Å²) in [6.07, 6.45) is 0. The first-order chi connectivity index (χ1) is 12.4. The summed E-state index contributed by atoms with van der Waals surface area (Å²) in [6.45, 7) is 6.27. The lowest BCUT2D eigenvalue weighted by Crippen LogP contribution is -2.50. The molecular weight excluding hydrogens is 331 g/mol. The fourth-order valence-corrected chi connectivity index (χ4v) is 2.62. The number of carbonyl (C=O) groups is 2. The fourth-order valence-electron chi connectivity index (χ4n) is 2.62. The lowest BCUT2D eigenvalue weighted by atomic mass is 10.00. The molecule has 0 fully saturated rings. The molecule has 0 aliphatic carbocycles. The molecule has 1 unspecified atom stereocenters. The van der Waals surface area contributed by atoms with Crippen molar-refractivity contribution in [3.8, 4) is 0 Å². The van der Waals surface area contributed by atoms with Gasteiger partial charge in [-0.05, 0) is 41.7 Å². The summed E-state index contributed by atoms with van der Waals surface area (Å²) < 4.78 is 13.0. The fraction of sp³-hybridized carbons (Fsp3) is 0.333. The van der Waals surface area contributed by atoms with Gasteiger partial charge >= 0.3 is 0 Å². The van der Waals surface area contributed by atoms with Crippen LogP contribution in [0.2, 0.25) is 0 Å². The van der Waals surface area contributed by atoms with Crippen LogP contribution in [0.25, 0.3) is 0 Å². The number of rotatable bonds is 7. The predicted octanol–water partition coefficient (Wildman–Crippen LogP) is 3.50. The van der Waals surface area contributed by atoms with Crippen LogP contribution in [0.15, 0.2) is 54.6 Å². The normalized spacial score (nSPS) is 13.1. The summed E-state index contributed by atoms with van der Waals surface area (Å²) in [6, 6.07) is 14.5. The zero-order valence-electron chi connectivity index (χ0n) is 15.3. The number of benzene rings is 2. The molecule has 4 nitrogen and oxygen atoms in total. The van der Waals surface area contributed by atoms with Gasteiger partial charge in [-0.15, -0.1) is 0 Å². The van der Waals surface area contributed by atoms with Crippen LogP contribution in [0.4, 0.5) is 4.39 Å². The molecule has 138 valence electrons. The van der Waals surface area contributed by atoms with E-state index in [2.05, 4.69) is 10.6 Å². The quantitative estimate of drug-likeness (QED) is 0.798. The van der Waals surface area contributed by atoms with Gasteiger partial charge in [0.25, 0.3) is 5.91 Å². The van der Waals surface area contributed by atoms with Crippen LogP contribution < -0.4 is 10.6 Å². The van der Waals surface area contributed by atoms with E-state index in [0.29, 0.717) is 12.1 Å². The first-order valence-electron chi connectivity index (χ1n) is 8.77. The number of halogens is 1. The van der Waals surface area contributed by atoms with Gasteiger partial charge in [-0.2, -0.15) is 0 Å². The Kier molecular flexibility index (Phi) is 6.89. The molecule has 0 heterocycles. The molecule has 5 heteroatoms. The summed E-state index contributed by atoms with van der Waals surface area (Å²) >= 11 is 0. The minimum atomic E-state index is -0.657. The van der Waals surface area contributed by atoms with Crippen LogP contribution >= 0.6 is 0 Å². The van der Waals surface area contributed by atoms with Crippen molar-refractivity contribution < 1.29 is 14.0 Å². The van der Waals surface area contributed by atoms with Gasteiger partial charge in [0.15, 0.2) is 0 Å². The number of nitrogens with one attached hydrogen (secondary N) is 2. The minimum Gasteiger partial charge on any atom is -0.354 e. The second-order valence-corrected chi connectivity index (χ2v) is 6.76. The van der Waals surface area contributed by atoms with E-state index in [9.17, 15) is 14.0 Å². The monoisotopic (exact) mass is 356 g/mol. The summed E-state index contributed by atoms with van der Waals surface area (Å²) in [5, 5.41) is 5.66. The highest BCUT2D eigenvalue weighted by atomic mass is 19.1. The highest BCUT2D eigenvalue weighted by molar-refractivity contribution is 5.97. The first-order valence-corrected chi connectivity index (χ1v) is 8.77. The third-order valence-electron chi connectivity index (χ3n) is 4.29. The Labute approximate surface area is 153 Å². The number of amides is 2. The Balaban J connectivity index is 1.96. The summed E-state index contributed by atoms with van der Waals surface area (Å²) in [5.41, 5.74) is 1.46. The van der Waals surface area contributed by atoms with E-state index in [-0.39, 0.29) is 17.7 Å². The van der Waals surface area contributed by atoms with Gasteiger partial charge in [0.05, 0.1) is 0 Å². The molecule has 2 aromatic rings. The Bertz CT molecular complexity index is 729. The van der Waals surface area contributed by atoms with E-state index in [1.54, 1.807) is 0 Å². The molecule has 2 N–H and O–H groups in total. The van der Waals surface area contributed by atoms with E-state index in [1.807, 2.05) is 51.1 Å². The largest absolute Gasteiger partial charge is 0.354 e. The van der Waals surface area contributed by atoms with E-state index < -0.39 is 17.8 Å². The standard InChI is InChI=1S/C21H25FN2O2/c1-14(2)19(24-20(25)17-9-11-18(22)12-10-17)21(26)23-13-15(3)16-7-5-4-6-8-16/h4-12,14-15,19H,13H2,1-3H3,(H,23,26)(H,24,25)/t15?,19-/m0/s1. The van der Waals surface area contributed by atoms with E-state index in [4.69, 9.17) is 0 Å². The van der Waals surface area contributed by atoms with Gasteiger partial charge < -0.3 is 10.6 Å². The third-order valence-corrected chi connectivity index (χ3v) is 4.29. The Morgan fingerprint density at radius 1 is 0.962 bits per heavy atom. The summed E-state index contributed by atoms with van der Waals surface area (Å²) in [5.74, 6) is -0.935. The maximum absolute atomic E-state index is 13.0. The summed E-state index contributed by atoms with van der Waals surface area (Å²) in [7, 11) is 0. The highest BCUT2D eigenvalue weighted by Crippen LogP contribution is 2.13. The van der Waals surface area contributed by atoms with Gasteiger partial charge in [-0.25, -0.2) is 4.39 Å². The predicted molar refractivity (Wildman–Crippen MR) is 100 cm³/mol. The van der Waals surface area contributed by atoms with Crippen molar-refractivity contribution in [1.29, 1.82) is 0 Å². The van der Waals surface area contributed by atoms with E-state index in [0.717, 1.165) is 5.56 Å². The lowest BCUT2D eigenvalue weighted by molar-refractivity contribution is -0.124. The van der Waals surface area contributed by atoms with Crippen LogP contribution in [0, 0.1) is 11.7 Å². The zero-order chi connectivity index (χ0) is 19.1. The van der Waals surface area contributed by atoms with E-state index >= 15 is 0 Å². The topological polar surface area (TPSA) is 58.2 Å². The van der Waals surface area contributed by atoms with Gasteiger partial charge in [0.2, 0.25) is 5.91 Å². The van der Waals surface area contributed by atoms with Crippen LogP contribution in [-0.2, 0) is 4.79 Å². The Hall–Kier alpha value is -2.69. The molecule has 0 spiro atoms. The first kappa shape index (κ1) is 19.6. The third kappa shape index (κ3) is 5.41. The second-order valence-electron chi connectivity index (χ2n) is 6.76. The van der Waals surface area contributed by atoms with Gasteiger partial charge in [0.1, 0.15) is 11.9 Å². The van der Waals surface area contributed by atoms with Crippen molar-refractivity contribution in [1.82, 2.24) is 10.6 Å². The summed E-state index contributed by atoms with van der Waals surface area (Å²) in [4.78, 5) is 24.9. The Morgan fingerprint density at radius 3 is 2.15 bits per heavy atom. The van der Waals surface area contributed by atoms with E-state index in [1.165, 1.54) is 24.3 Å². The molecule has 0 aliphatic rings. The van der Waals surface area contributed by atoms with Crippen LogP contribution in [0.3, 0.4) is 0 Å². The highest BCUT2D eigenvalue weighted by Gasteiger charge is 2.25. The SMILES string of the molecule is CC(CNC(=O)[C@@H](NC(=O)c1ccc(F)cc1)C(C)C)c1ccccc1. The molecule has 0 saturated carbocycles. The van der Waals surface area contributed by atoms with Crippen molar-refractivity contribution in [2.75, 3.05) is 6.54 Å². The van der Waals surface area contributed by atoms with Crippen molar-refractivity contribution in [3.63, 3.8) is 0 Å². The molecule has 2 amide bonds. The molecule has 0 saturated heterocycles.